The zero-order valence-corrected chi connectivity index (χ0v) is 11.4. The molecule has 3 aromatic rings. The summed E-state index contributed by atoms with van der Waals surface area (Å²) in [5.74, 6) is -0.763. The van der Waals surface area contributed by atoms with Crippen LogP contribution in [0, 0.1) is 5.82 Å². The Morgan fingerprint density at radius 3 is 2.50 bits per heavy atom. The quantitative estimate of drug-likeness (QED) is 0.546. The van der Waals surface area contributed by atoms with Gasteiger partial charge in [-0.05, 0) is 30.3 Å². The van der Waals surface area contributed by atoms with Gasteiger partial charge in [0.1, 0.15) is 5.82 Å². The summed E-state index contributed by atoms with van der Waals surface area (Å²) >= 11 is 0. The number of aryl methyl sites for hydroxylation is 1. The molecule has 0 bridgehead atoms. The van der Waals surface area contributed by atoms with Crippen molar-refractivity contribution in [2.24, 2.45) is 7.05 Å². The Morgan fingerprint density at radius 1 is 1.09 bits per heavy atom. The highest BCUT2D eigenvalue weighted by Crippen LogP contribution is 2.36. The second kappa shape index (κ2) is 4.72. The van der Waals surface area contributed by atoms with Gasteiger partial charge in [0.15, 0.2) is 0 Å². The largest absolute Gasteiger partial charge is 0.416 e. The molecule has 0 amide bonds. The summed E-state index contributed by atoms with van der Waals surface area (Å²) in [6.07, 6.45) is -2.97. The third kappa shape index (κ3) is 2.28. The van der Waals surface area contributed by atoms with Crippen LogP contribution in [-0.2, 0) is 13.2 Å². The zero-order valence-electron chi connectivity index (χ0n) is 11.4. The van der Waals surface area contributed by atoms with Crippen LogP contribution in [-0.4, -0.2) is 9.78 Å². The van der Waals surface area contributed by atoms with Crippen molar-refractivity contribution in [1.29, 1.82) is 0 Å². The summed E-state index contributed by atoms with van der Waals surface area (Å²) in [5, 5.41) is 4.77. The first-order valence-corrected chi connectivity index (χ1v) is 6.36. The van der Waals surface area contributed by atoms with E-state index in [-0.39, 0.29) is 16.8 Å². The average molecular weight is 309 g/mol. The number of hydrogen-bond acceptors (Lipinski definition) is 2. The molecule has 7 heteroatoms. The van der Waals surface area contributed by atoms with Crippen molar-refractivity contribution >= 4 is 16.6 Å². The van der Waals surface area contributed by atoms with E-state index in [1.807, 2.05) is 0 Å². The molecule has 22 heavy (non-hydrogen) atoms. The summed E-state index contributed by atoms with van der Waals surface area (Å²) in [6, 6.07) is 5.37. The molecule has 0 aliphatic heterocycles. The Balaban J connectivity index is 2.26. The normalized spacial score (nSPS) is 12.0. The number of anilines is 1. The van der Waals surface area contributed by atoms with Gasteiger partial charge in [0.05, 0.1) is 17.3 Å². The second-order valence-electron chi connectivity index (χ2n) is 4.96. The van der Waals surface area contributed by atoms with Gasteiger partial charge in [-0.2, -0.15) is 18.3 Å². The molecule has 0 spiro atoms. The van der Waals surface area contributed by atoms with Crippen LogP contribution in [0.4, 0.5) is 23.2 Å². The van der Waals surface area contributed by atoms with Crippen LogP contribution in [0.15, 0.2) is 36.5 Å². The number of aromatic nitrogens is 2. The molecule has 0 atom stereocenters. The van der Waals surface area contributed by atoms with E-state index in [4.69, 9.17) is 5.73 Å². The number of hydrogen-bond donors (Lipinski definition) is 1. The van der Waals surface area contributed by atoms with Gasteiger partial charge in [0.2, 0.25) is 0 Å². The molecule has 0 aliphatic carbocycles. The first-order chi connectivity index (χ1) is 10.3. The molecule has 3 nitrogen and oxygen atoms in total. The molecule has 114 valence electrons. The minimum Gasteiger partial charge on any atom is -0.398 e. The molecule has 0 saturated carbocycles. The topological polar surface area (TPSA) is 43.8 Å². The summed E-state index contributed by atoms with van der Waals surface area (Å²) in [4.78, 5) is 0. The SMILES string of the molecule is Cn1ncc2cc(N)c(-c3cc(C(F)(F)F)ccc3F)cc21. The van der Waals surface area contributed by atoms with Gasteiger partial charge in [0, 0.05) is 29.2 Å². The average Bonchev–Trinajstić information content (AvgIpc) is 2.78. The van der Waals surface area contributed by atoms with Gasteiger partial charge in [-0.15, -0.1) is 0 Å². The fourth-order valence-electron chi connectivity index (χ4n) is 2.36. The minimum atomic E-state index is -4.55. The summed E-state index contributed by atoms with van der Waals surface area (Å²) in [6.45, 7) is 0. The van der Waals surface area contributed by atoms with Crippen molar-refractivity contribution < 1.29 is 17.6 Å². The van der Waals surface area contributed by atoms with Crippen LogP contribution < -0.4 is 5.73 Å². The fraction of sp³-hybridized carbons (Fsp3) is 0.133. The number of rotatable bonds is 1. The van der Waals surface area contributed by atoms with Crippen molar-refractivity contribution in [2.45, 2.75) is 6.18 Å². The maximum atomic E-state index is 14.0. The number of benzene rings is 2. The van der Waals surface area contributed by atoms with E-state index in [1.165, 1.54) is 6.07 Å². The molecule has 3 rings (SSSR count). The maximum absolute atomic E-state index is 14.0. The smallest absolute Gasteiger partial charge is 0.398 e. The van der Waals surface area contributed by atoms with Crippen molar-refractivity contribution in [3.63, 3.8) is 0 Å². The molecule has 0 unspecified atom stereocenters. The lowest BCUT2D eigenvalue weighted by Gasteiger charge is -2.12. The minimum absolute atomic E-state index is 0.185. The Labute approximate surface area is 123 Å². The molecule has 0 aliphatic rings. The van der Waals surface area contributed by atoms with Crippen molar-refractivity contribution in [2.75, 3.05) is 5.73 Å². The van der Waals surface area contributed by atoms with Crippen LogP contribution in [0.5, 0.6) is 0 Å². The van der Waals surface area contributed by atoms with E-state index in [0.29, 0.717) is 11.6 Å². The molecule has 2 aromatic carbocycles. The number of nitrogens with two attached hydrogens (primary N) is 1. The molecule has 0 fully saturated rings. The second-order valence-corrected chi connectivity index (χ2v) is 4.96. The number of halogens is 4. The van der Waals surface area contributed by atoms with Crippen LogP contribution in [0.25, 0.3) is 22.0 Å². The lowest BCUT2D eigenvalue weighted by atomic mass is 9.99. The molecule has 1 aromatic heterocycles. The summed E-state index contributed by atoms with van der Waals surface area (Å²) in [7, 11) is 1.69. The number of nitrogens with zero attached hydrogens (tertiary/aromatic N) is 2. The Bertz CT molecular complexity index is 865. The van der Waals surface area contributed by atoms with E-state index in [0.717, 1.165) is 17.5 Å². The summed E-state index contributed by atoms with van der Waals surface area (Å²) < 4.78 is 54.0. The number of alkyl halides is 3. The molecule has 0 radical (unpaired) electrons. The Hall–Kier alpha value is -2.57. The molecular weight excluding hydrogens is 298 g/mol. The molecule has 0 saturated heterocycles. The Kier molecular flexibility index (Phi) is 3.09. The first kappa shape index (κ1) is 14.4. The van der Waals surface area contributed by atoms with Crippen LogP contribution in [0.2, 0.25) is 0 Å². The number of fused-ring (bicyclic) bond motifs is 1. The third-order valence-corrected chi connectivity index (χ3v) is 3.50. The fourth-order valence-corrected chi connectivity index (χ4v) is 2.36. The lowest BCUT2D eigenvalue weighted by molar-refractivity contribution is -0.137. The van der Waals surface area contributed by atoms with Crippen molar-refractivity contribution in [3.05, 3.63) is 47.9 Å². The van der Waals surface area contributed by atoms with Gasteiger partial charge < -0.3 is 5.73 Å². The zero-order chi connectivity index (χ0) is 16.1. The summed E-state index contributed by atoms with van der Waals surface area (Å²) in [5.41, 5.74) is 5.82. The van der Waals surface area contributed by atoms with Crippen LogP contribution in [0.1, 0.15) is 5.56 Å². The van der Waals surface area contributed by atoms with E-state index >= 15 is 0 Å². The highest BCUT2D eigenvalue weighted by atomic mass is 19.4. The number of nitrogen functional groups attached to an aromatic ring is 1. The van der Waals surface area contributed by atoms with E-state index < -0.39 is 17.6 Å². The first-order valence-electron chi connectivity index (χ1n) is 6.36. The predicted molar refractivity (Wildman–Crippen MR) is 75.5 cm³/mol. The highest BCUT2D eigenvalue weighted by Gasteiger charge is 2.31. The van der Waals surface area contributed by atoms with Gasteiger partial charge >= 0.3 is 6.18 Å². The van der Waals surface area contributed by atoms with E-state index in [9.17, 15) is 17.6 Å². The monoisotopic (exact) mass is 309 g/mol. The van der Waals surface area contributed by atoms with Gasteiger partial charge in [-0.1, -0.05) is 0 Å². The van der Waals surface area contributed by atoms with E-state index in [2.05, 4.69) is 5.10 Å². The lowest BCUT2D eigenvalue weighted by Crippen LogP contribution is -2.06. The third-order valence-electron chi connectivity index (χ3n) is 3.50. The Morgan fingerprint density at radius 2 is 1.82 bits per heavy atom. The standard InChI is InChI=1S/C15H11F4N3/c1-22-14-6-11(13(20)4-8(14)7-21-22)10-5-9(15(17,18)19)2-3-12(10)16/h2-7H,20H2,1H3. The van der Waals surface area contributed by atoms with Crippen molar-refractivity contribution in [1.82, 2.24) is 9.78 Å². The van der Waals surface area contributed by atoms with E-state index in [1.54, 1.807) is 24.0 Å². The van der Waals surface area contributed by atoms with Crippen LogP contribution in [0.3, 0.4) is 0 Å². The van der Waals surface area contributed by atoms with Crippen molar-refractivity contribution in [3.8, 4) is 11.1 Å². The highest BCUT2D eigenvalue weighted by molar-refractivity contribution is 5.91. The van der Waals surface area contributed by atoms with Gasteiger partial charge in [-0.3, -0.25) is 4.68 Å². The van der Waals surface area contributed by atoms with Crippen LogP contribution >= 0.6 is 0 Å². The molecule has 1 heterocycles. The molecule has 2 N–H and O–H groups in total. The van der Waals surface area contributed by atoms with Gasteiger partial charge in [-0.25, -0.2) is 4.39 Å². The predicted octanol–water partition coefficient (Wildman–Crippen LogP) is 3.98. The van der Waals surface area contributed by atoms with Gasteiger partial charge in [0.25, 0.3) is 0 Å². The maximum Gasteiger partial charge on any atom is 0.416 e. The molecular formula is C15H11F4N3.